The zero-order chi connectivity index (χ0) is 17.6. The van der Waals surface area contributed by atoms with Gasteiger partial charge in [-0.1, -0.05) is 23.4 Å². The third kappa shape index (κ3) is 2.80. The van der Waals surface area contributed by atoms with Crippen LogP contribution in [0.25, 0.3) is 10.9 Å². The van der Waals surface area contributed by atoms with Crippen LogP contribution in [0, 0.1) is 13.8 Å². The third-order valence-corrected chi connectivity index (χ3v) is 4.74. The minimum Gasteiger partial charge on any atom is -0.391 e. The molecular formula is C18H20N4O3. The number of benzene rings is 1. The van der Waals surface area contributed by atoms with Gasteiger partial charge >= 0.3 is 0 Å². The summed E-state index contributed by atoms with van der Waals surface area (Å²) in [5.41, 5.74) is 2.05. The Morgan fingerprint density at radius 3 is 2.92 bits per heavy atom. The van der Waals surface area contributed by atoms with Crippen LogP contribution in [0.2, 0.25) is 0 Å². The van der Waals surface area contributed by atoms with Gasteiger partial charge in [-0.05, 0) is 31.4 Å². The van der Waals surface area contributed by atoms with E-state index in [0.29, 0.717) is 18.1 Å². The minimum absolute atomic E-state index is 0.0677. The zero-order valence-electron chi connectivity index (χ0n) is 14.2. The SMILES string of the molecule is Cc1noc([C@H]2C[C@@H](O)CN2C(=O)Cn2c(C)cc3ccccc32)n1. The first-order valence-electron chi connectivity index (χ1n) is 8.35. The molecule has 7 nitrogen and oxygen atoms in total. The Labute approximate surface area is 144 Å². The van der Waals surface area contributed by atoms with Crippen LogP contribution in [0.4, 0.5) is 0 Å². The lowest BCUT2D eigenvalue weighted by molar-refractivity contribution is -0.133. The Morgan fingerprint density at radius 1 is 1.36 bits per heavy atom. The molecule has 1 aromatic carbocycles. The van der Waals surface area contributed by atoms with Crippen molar-refractivity contribution in [2.24, 2.45) is 0 Å². The summed E-state index contributed by atoms with van der Waals surface area (Å²) in [4.78, 5) is 18.8. The third-order valence-electron chi connectivity index (χ3n) is 4.74. The first-order chi connectivity index (χ1) is 12.0. The lowest BCUT2D eigenvalue weighted by atomic mass is 10.2. The fourth-order valence-electron chi connectivity index (χ4n) is 3.56. The van der Waals surface area contributed by atoms with E-state index in [4.69, 9.17) is 4.52 Å². The van der Waals surface area contributed by atoms with E-state index < -0.39 is 6.10 Å². The molecule has 1 aliphatic heterocycles. The monoisotopic (exact) mass is 340 g/mol. The number of hydrogen-bond acceptors (Lipinski definition) is 5. The van der Waals surface area contributed by atoms with Crippen molar-refractivity contribution in [1.82, 2.24) is 19.6 Å². The molecule has 2 aromatic heterocycles. The molecule has 3 aromatic rings. The summed E-state index contributed by atoms with van der Waals surface area (Å²) >= 11 is 0. The number of β-amino-alcohol motifs (C(OH)–C–C–N with tert-alkyl or cyclic N) is 1. The van der Waals surface area contributed by atoms with Crippen LogP contribution < -0.4 is 0 Å². The van der Waals surface area contributed by atoms with E-state index in [-0.39, 0.29) is 25.0 Å². The first kappa shape index (κ1) is 15.8. The van der Waals surface area contributed by atoms with Crippen molar-refractivity contribution in [3.05, 3.63) is 47.7 Å². The molecule has 4 rings (SSSR count). The Kier molecular flexibility index (Phi) is 3.80. The summed E-state index contributed by atoms with van der Waals surface area (Å²) in [5.74, 6) is 0.842. The molecule has 0 unspecified atom stereocenters. The number of hydrogen-bond donors (Lipinski definition) is 1. The normalized spacial score (nSPS) is 20.5. The number of carbonyl (C=O) groups excluding carboxylic acids is 1. The summed E-state index contributed by atoms with van der Waals surface area (Å²) in [6.07, 6.45) is -0.164. The number of rotatable bonds is 3. The first-order valence-corrected chi connectivity index (χ1v) is 8.35. The molecule has 1 amide bonds. The lowest BCUT2D eigenvalue weighted by Gasteiger charge is -2.22. The second-order valence-corrected chi connectivity index (χ2v) is 6.56. The van der Waals surface area contributed by atoms with Gasteiger partial charge in [0, 0.05) is 24.2 Å². The van der Waals surface area contributed by atoms with Gasteiger partial charge in [-0.25, -0.2) is 0 Å². The summed E-state index contributed by atoms with van der Waals surface area (Å²) in [6.45, 7) is 4.23. The van der Waals surface area contributed by atoms with Crippen molar-refractivity contribution in [2.75, 3.05) is 6.54 Å². The number of fused-ring (bicyclic) bond motifs is 1. The van der Waals surface area contributed by atoms with Crippen molar-refractivity contribution in [1.29, 1.82) is 0 Å². The molecule has 130 valence electrons. The number of likely N-dealkylation sites (tertiary alicyclic amines) is 1. The van der Waals surface area contributed by atoms with E-state index in [9.17, 15) is 9.90 Å². The largest absolute Gasteiger partial charge is 0.391 e. The number of para-hydroxylation sites is 1. The summed E-state index contributed by atoms with van der Waals surface area (Å²) in [5, 5.41) is 15.0. The molecule has 1 N–H and O–H groups in total. The maximum absolute atomic E-state index is 12.9. The molecule has 0 saturated carbocycles. The molecule has 1 saturated heterocycles. The Bertz CT molecular complexity index is 929. The molecule has 1 aliphatic rings. The van der Waals surface area contributed by atoms with Crippen LogP contribution in [0.3, 0.4) is 0 Å². The van der Waals surface area contributed by atoms with Gasteiger partial charge in [0.25, 0.3) is 0 Å². The molecule has 3 heterocycles. The second-order valence-electron chi connectivity index (χ2n) is 6.56. The number of amides is 1. The average molecular weight is 340 g/mol. The summed E-state index contributed by atoms with van der Waals surface area (Å²) in [7, 11) is 0. The van der Waals surface area contributed by atoms with Crippen LogP contribution in [0.5, 0.6) is 0 Å². The number of aliphatic hydroxyl groups is 1. The number of carbonyl (C=O) groups is 1. The van der Waals surface area contributed by atoms with Gasteiger partial charge in [-0.3, -0.25) is 4.79 Å². The number of aliphatic hydroxyl groups excluding tert-OH is 1. The topological polar surface area (TPSA) is 84.4 Å². The maximum Gasteiger partial charge on any atom is 0.249 e. The Hall–Kier alpha value is -2.67. The fraction of sp³-hybridized carbons (Fsp3) is 0.389. The quantitative estimate of drug-likeness (QED) is 0.788. The van der Waals surface area contributed by atoms with E-state index in [1.807, 2.05) is 35.8 Å². The predicted octanol–water partition coefficient (Wildman–Crippen LogP) is 1.98. The van der Waals surface area contributed by atoms with Crippen LogP contribution in [0.1, 0.15) is 29.9 Å². The minimum atomic E-state index is -0.580. The highest BCUT2D eigenvalue weighted by Crippen LogP contribution is 2.32. The Balaban J connectivity index is 1.62. The van der Waals surface area contributed by atoms with E-state index in [0.717, 1.165) is 16.6 Å². The molecule has 25 heavy (non-hydrogen) atoms. The van der Waals surface area contributed by atoms with Gasteiger partial charge in [0.1, 0.15) is 12.6 Å². The molecule has 1 fully saturated rings. The molecule has 0 radical (unpaired) electrons. The number of aromatic nitrogens is 3. The van der Waals surface area contributed by atoms with Crippen LogP contribution >= 0.6 is 0 Å². The van der Waals surface area contributed by atoms with Crippen molar-refractivity contribution in [3.8, 4) is 0 Å². The number of aryl methyl sites for hydroxylation is 2. The smallest absolute Gasteiger partial charge is 0.249 e. The van der Waals surface area contributed by atoms with Gasteiger partial charge in [-0.15, -0.1) is 0 Å². The highest BCUT2D eigenvalue weighted by molar-refractivity contribution is 5.84. The van der Waals surface area contributed by atoms with Crippen molar-refractivity contribution >= 4 is 16.8 Å². The van der Waals surface area contributed by atoms with Crippen molar-refractivity contribution < 1.29 is 14.4 Å². The molecule has 0 aliphatic carbocycles. The maximum atomic E-state index is 12.9. The molecular weight excluding hydrogens is 320 g/mol. The van der Waals surface area contributed by atoms with Crippen LogP contribution in [0.15, 0.2) is 34.9 Å². The second kappa shape index (κ2) is 6.00. The molecule has 0 bridgehead atoms. The lowest BCUT2D eigenvalue weighted by Crippen LogP contribution is -2.34. The fourth-order valence-corrected chi connectivity index (χ4v) is 3.56. The van der Waals surface area contributed by atoms with Gasteiger partial charge in [0.15, 0.2) is 5.82 Å². The van der Waals surface area contributed by atoms with Crippen molar-refractivity contribution in [3.63, 3.8) is 0 Å². The van der Waals surface area contributed by atoms with Gasteiger partial charge < -0.3 is 19.1 Å². The van der Waals surface area contributed by atoms with E-state index >= 15 is 0 Å². The summed E-state index contributed by atoms with van der Waals surface area (Å²) in [6, 6.07) is 9.69. The zero-order valence-corrected chi connectivity index (χ0v) is 14.2. The Morgan fingerprint density at radius 2 is 2.16 bits per heavy atom. The highest BCUT2D eigenvalue weighted by Gasteiger charge is 2.38. The van der Waals surface area contributed by atoms with Gasteiger partial charge in [-0.2, -0.15) is 4.98 Å². The average Bonchev–Trinajstić information content (AvgIpc) is 3.26. The van der Waals surface area contributed by atoms with Gasteiger partial charge in [0.2, 0.25) is 11.8 Å². The van der Waals surface area contributed by atoms with Crippen LogP contribution in [-0.2, 0) is 11.3 Å². The van der Waals surface area contributed by atoms with Gasteiger partial charge in [0.05, 0.1) is 6.10 Å². The van der Waals surface area contributed by atoms with Crippen LogP contribution in [-0.4, -0.2) is 43.3 Å². The molecule has 2 atom stereocenters. The highest BCUT2D eigenvalue weighted by atomic mass is 16.5. The van der Waals surface area contributed by atoms with Crippen molar-refractivity contribution in [2.45, 2.75) is 39.0 Å². The predicted molar refractivity (Wildman–Crippen MR) is 90.8 cm³/mol. The number of nitrogens with zero attached hydrogens (tertiary/aromatic N) is 4. The van der Waals surface area contributed by atoms with E-state index in [2.05, 4.69) is 16.2 Å². The standard InChI is InChI=1S/C18H20N4O3/c1-11-7-13-5-3-4-6-15(13)21(11)10-17(24)22-9-14(23)8-16(22)18-19-12(2)20-25-18/h3-7,14,16,23H,8-10H2,1-2H3/t14-,16-/m1/s1. The molecule has 7 heteroatoms. The molecule has 0 spiro atoms. The van der Waals surface area contributed by atoms with E-state index in [1.54, 1.807) is 11.8 Å². The summed E-state index contributed by atoms with van der Waals surface area (Å²) < 4.78 is 7.23. The van der Waals surface area contributed by atoms with E-state index in [1.165, 1.54) is 0 Å².